The molecule has 0 rings (SSSR count). The Labute approximate surface area is 70.2 Å². The summed E-state index contributed by atoms with van der Waals surface area (Å²) in [5.74, 6) is 0. The number of nitrogens with one attached hydrogen (secondary N) is 1. The summed E-state index contributed by atoms with van der Waals surface area (Å²) in [4.78, 5) is 3.64. The Morgan fingerprint density at radius 3 is 2.60 bits per heavy atom. The number of rotatable bonds is 3. The van der Waals surface area contributed by atoms with Gasteiger partial charge in [0.2, 0.25) is 0 Å². The second-order valence-corrected chi connectivity index (χ2v) is 2.26. The van der Waals surface area contributed by atoms with Crippen LogP contribution in [0.3, 0.4) is 0 Å². The molecule has 0 aromatic heterocycles. The van der Waals surface area contributed by atoms with Crippen LogP contribution in [0.1, 0.15) is 0 Å². The van der Waals surface area contributed by atoms with E-state index < -0.39 is 0 Å². The highest BCUT2D eigenvalue weighted by Gasteiger charge is 1.85. The van der Waals surface area contributed by atoms with Crippen LogP contribution in [0.15, 0.2) is 29.0 Å². The minimum Gasteiger partial charge on any atom is -0.394 e. The van der Waals surface area contributed by atoms with Gasteiger partial charge in [-0.3, -0.25) is 0 Å². The number of halogens is 2. The number of aliphatic imine (C=N–C) groups is 1. The van der Waals surface area contributed by atoms with Crippen molar-refractivity contribution >= 4 is 28.4 Å². The fourth-order valence-corrected chi connectivity index (χ4v) is 0.605. The summed E-state index contributed by atoms with van der Waals surface area (Å²) >= 11 is 10.9. The van der Waals surface area contributed by atoms with E-state index in [2.05, 4.69) is 16.9 Å². The zero-order valence-electron chi connectivity index (χ0n) is 5.56. The molecule has 0 fully saturated rings. The molecule has 2 nitrogen and oxygen atoms in total. The highest BCUT2D eigenvalue weighted by molar-refractivity contribution is 6.68. The van der Waals surface area contributed by atoms with Gasteiger partial charge >= 0.3 is 0 Å². The molecule has 0 spiro atoms. The van der Waals surface area contributed by atoms with Crippen molar-refractivity contribution in [3.8, 4) is 0 Å². The first kappa shape index (κ1) is 9.53. The Bertz CT molecular complexity index is 173. The van der Waals surface area contributed by atoms with E-state index in [-0.39, 0.29) is 5.16 Å². The van der Waals surface area contributed by atoms with Crippen LogP contribution in [0, 0.1) is 0 Å². The van der Waals surface area contributed by atoms with Gasteiger partial charge in [-0.05, 0) is 12.3 Å². The molecule has 0 unspecified atom stereocenters. The van der Waals surface area contributed by atoms with Crippen molar-refractivity contribution in [2.75, 3.05) is 7.05 Å². The monoisotopic (exact) mass is 178 g/mol. The lowest BCUT2D eigenvalue weighted by atomic mass is 10.6. The van der Waals surface area contributed by atoms with Crippen LogP contribution in [-0.2, 0) is 0 Å². The number of nitrogens with zero attached hydrogens (tertiary/aromatic N) is 1. The smallest absolute Gasteiger partial charge is 0.132 e. The molecule has 0 aromatic carbocycles. The maximum atomic E-state index is 5.53. The van der Waals surface area contributed by atoms with Gasteiger partial charge in [0.05, 0.1) is 0 Å². The van der Waals surface area contributed by atoms with E-state index >= 15 is 0 Å². The molecule has 10 heavy (non-hydrogen) atoms. The summed E-state index contributed by atoms with van der Waals surface area (Å²) in [6.45, 7) is 3.34. The average molecular weight is 179 g/mol. The second kappa shape index (κ2) is 5.33. The number of hydrogen-bond acceptors (Lipinski definition) is 2. The molecule has 0 heterocycles. The lowest BCUT2D eigenvalue weighted by Gasteiger charge is -1.87. The Kier molecular flexibility index (Phi) is 5.08. The molecular weight excluding hydrogens is 171 g/mol. The molecule has 56 valence electrons. The van der Waals surface area contributed by atoms with Crippen LogP contribution in [-0.4, -0.2) is 12.2 Å². The van der Waals surface area contributed by atoms with Crippen molar-refractivity contribution in [2.24, 2.45) is 4.99 Å². The first-order chi connectivity index (χ1) is 4.66. The molecule has 0 atom stereocenters. The molecule has 0 saturated heterocycles. The minimum atomic E-state index is 0.172. The highest BCUT2D eigenvalue weighted by atomic mass is 35.5. The Balaban J connectivity index is 3.94. The number of hydrogen-bond donors (Lipinski definition) is 1. The van der Waals surface area contributed by atoms with Gasteiger partial charge in [0.15, 0.2) is 0 Å². The summed E-state index contributed by atoms with van der Waals surface area (Å²) in [6.07, 6.45) is 3.22. The van der Waals surface area contributed by atoms with E-state index in [1.54, 1.807) is 19.3 Å². The molecule has 0 aliphatic heterocycles. The Morgan fingerprint density at radius 2 is 2.20 bits per heavy atom. The molecular formula is C6H8Cl2N2. The largest absolute Gasteiger partial charge is 0.394 e. The second-order valence-electron chi connectivity index (χ2n) is 1.43. The van der Waals surface area contributed by atoms with E-state index in [1.165, 1.54) is 0 Å². The third-order valence-electron chi connectivity index (χ3n) is 0.616. The molecule has 0 aliphatic rings. The van der Waals surface area contributed by atoms with Crippen molar-refractivity contribution in [3.63, 3.8) is 0 Å². The molecule has 0 saturated carbocycles. The van der Waals surface area contributed by atoms with Crippen LogP contribution in [0.25, 0.3) is 0 Å². The fourth-order valence-electron chi connectivity index (χ4n) is 0.305. The average Bonchev–Trinajstić information content (AvgIpc) is 1.82. The molecule has 0 radical (unpaired) electrons. The van der Waals surface area contributed by atoms with Gasteiger partial charge in [-0.25, -0.2) is 4.99 Å². The van der Waals surface area contributed by atoms with E-state index in [0.717, 1.165) is 0 Å². The van der Waals surface area contributed by atoms with Crippen LogP contribution < -0.4 is 5.32 Å². The van der Waals surface area contributed by atoms with Crippen LogP contribution in [0.5, 0.6) is 0 Å². The van der Waals surface area contributed by atoms with Gasteiger partial charge in [0.1, 0.15) is 10.3 Å². The molecule has 4 heteroatoms. The Morgan fingerprint density at radius 1 is 1.60 bits per heavy atom. The first-order valence-corrected chi connectivity index (χ1v) is 3.35. The van der Waals surface area contributed by atoms with E-state index in [0.29, 0.717) is 5.17 Å². The quantitative estimate of drug-likeness (QED) is 0.520. The maximum absolute atomic E-state index is 5.53. The SMILES string of the molecule is C=C(Cl)/N=C(Cl)\C=C/NC. The Hall–Kier alpha value is -0.470. The summed E-state index contributed by atoms with van der Waals surface area (Å²) in [6, 6.07) is 0. The van der Waals surface area contributed by atoms with Gasteiger partial charge in [0.25, 0.3) is 0 Å². The third kappa shape index (κ3) is 5.66. The van der Waals surface area contributed by atoms with Crippen molar-refractivity contribution in [3.05, 3.63) is 24.0 Å². The lowest BCUT2D eigenvalue weighted by Crippen LogP contribution is -1.92. The summed E-state index contributed by atoms with van der Waals surface area (Å²) in [5, 5.41) is 3.23. The summed E-state index contributed by atoms with van der Waals surface area (Å²) in [5.41, 5.74) is 0. The minimum absolute atomic E-state index is 0.172. The van der Waals surface area contributed by atoms with E-state index in [1.807, 2.05) is 0 Å². The predicted molar refractivity (Wildman–Crippen MR) is 46.5 cm³/mol. The van der Waals surface area contributed by atoms with Gasteiger partial charge in [-0.1, -0.05) is 29.8 Å². The summed E-state index contributed by atoms with van der Waals surface area (Å²) < 4.78 is 0. The van der Waals surface area contributed by atoms with Gasteiger partial charge in [0, 0.05) is 7.05 Å². The van der Waals surface area contributed by atoms with Crippen LogP contribution >= 0.6 is 23.2 Å². The molecule has 0 aromatic rings. The maximum Gasteiger partial charge on any atom is 0.132 e. The lowest BCUT2D eigenvalue weighted by molar-refractivity contribution is 1.11. The summed E-state index contributed by atoms with van der Waals surface area (Å²) in [7, 11) is 1.76. The normalized spacial score (nSPS) is 12.1. The zero-order chi connectivity index (χ0) is 7.98. The molecule has 1 N–H and O–H groups in total. The standard InChI is InChI=1S/C6H8Cl2N2/c1-5(7)10-6(8)3-4-9-2/h3-4,9H,1H2,2H3/b4-3-,10-6+. The van der Waals surface area contributed by atoms with Gasteiger partial charge in [-0.2, -0.15) is 0 Å². The zero-order valence-corrected chi connectivity index (χ0v) is 7.08. The van der Waals surface area contributed by atoms with Gasteiger partial charge in [-0.15, -0.1) is 0 Å². The first-order valence-electron chi connectivity index (χ1n) is 2.59. The van der Waals surface area contributed by atoms with Crippen molar-refractivity contribution in [1.29, 1.82) is 0 Å². The molecule has 0 aliphatic carbocycles. The topological polar surface area (TPSA) is 24.4 Å². The molecule has 0 amide bonds. The van der Waals surface area contributed by atoms with Crippen LogP contribution in [0.2, 0.25) is 0 Å². The van der Waals surface area contributed by atoms with Crippen molar-refractivity contribution in [1.82, 2.24) is 5.32 Å². The predicted octanol–water partition coefficient (Wildman–Crippen LogP) is 2.07. The fraction of sp³-hybridized carbons (Fsp3) is 0.167. The van der Waals surface area contributed by atoms with Crippen LogP contribution in [0.4, 0.5) is 0 Å². The third-order valence-corrected chi connectivity index (χ3v) is 0.911. The van der Waals surface area contributed by atoms with Gasteiger partial charge < -0.3 is 5.32 Å². The van der Waals surface area contributed by atoms with Crippen molar-refractivity contribution in [2.45, 2.75) is 0 Å². The molecule has 0 bridgehead atoms. The van der Waals surface area contributed by atoms with E-state index in [4.69, 9.17) is 23.2 Å². The number of allylic oxidation sites excluding steroid dienone is 1. The van der Waals surface area contributed by atoms with E-state index in [9.17, 15) is 0 Å². The van der Waals surface area contributed by atoms with Crippen molar-refractivity contribution < 1.29 is 0 Å². The highest BCUT2D eigenvalue weighted by Crippen LogP contribution is 2.01.